The number of hydrogen-bond acceptors (Lipinski definition) is 2. The number of rotatable bonds is 4. The lowest BCUT2D eigenvalue weighted by Crippen LogP contribution is -2.12. The van der Waals surface area contributed by atoms with E-state index < -0.39 is 6.10 Å². The smallest absolute Gasteiger partial charge is 0.0962 e. The summed E-state index contributed by atoms with van der Waals surface area (Å²) >= 11 is 11.7. The second kappa shape index (κ2) is 6.10. The summed E-state index contributed by atoms with van der Waals surface area (Å²) in [6.07, 6.45) is -0.625. The number of benzene rings is 2. The minimum Gasteiger partial charge on any atom is -0.387 e. The van der Waals surface area contributed by atoms with Crippen LogP contribution < -0.4 is 5.32 Å². The molecule has 0 aliphatic carbocycles. The average Bonchev–Trinajstić information content (AvgIpc) is 2.40. The molecule has 2 aromatic carbocycles. The maximum atomic E-state index is 10.0. The summed E-state index contributed by atoms with van der Waals surface area (Å²) in [4.78, 5) is 0. The van der Waals surface area contributed by atoms with Crippen LogP contribution in [0.15, 0.2) is 48.5 Å². The van der Waals surface area contributed by atoms with Crippen LogP contribution in [0.3, 0.4) is 0 Å². The highest BCUT2D eigenvalue weighted by atomic mass is 35.5. The van der Waals surface area contributed by atoms with Crippen molar-refractivity contribution in [2.24, 2.45) is 0 Å². The summed E-state index contributed by atoms with van der Waals surface area (Å²) in [5.41, 5.74) is 1.71. The molecular weight excluding hydrogens is 269 g/mol. The van der Waals surface area contributed by atoms with E-state index >= 15 is 0 Å². The molecule has 2 N–H and O–H groups in total. The second-order valence-electron chi connectivity index (χ2n) is 3.94. The first-order valence-electron chi connectivity index (χ1n) is 5.59. The number of aliphatic hydroxyl groups excluding tert-OH is 1. The standard InChI is InChI=1S/C14H13Cl2NO/c15-12-7-6-10(8-13(12)16)14(18)9-17-11-4-2-1-3-5-11/h1-8,14,17-18H,9H2/t14-/m1/s1. The largest absolute Gasteiger partial charge is 0.387 e. The van der Waals surface area contributed by atoms with Crippen LogP contribution in [-0.4, -0.2) is 11.7 Å². The fraction of sp³-hybridized carbons (Fsp3) is 0.143. The first-order chi connectivity index (χ1) is 8.66. The molecule has 0 saturated carbocycles. The Morgan fingerprint density at radius 1 is 1.00 bits per heavy atom. The molecule has 0 fully saturated rings. The van der Waals surface area contributed by atoms with Crippen LogP contribution in [0.5, 0.6) is 0 Å². The lowest BCUT2D eigenvalue weighted by molar-refractivity contribution is 0.191. The van der Waals surface area contributed by atoms with Gasteiger partial charge in [-0.2, -0.15) is 0 Å². The minimum atomic E-state index is -0.625. The zero-order valence-electron chi connectivity index (χ0n) is 9.61. The van der Waals surface area contributed by atoms with Gasteiger partial charge in [-0.25, -0.2) is 0 Å². The number of anilines is 1. The molecule has 2 nitrogen and oxygen atoms in total. The van der Waals surface area contributed by atoms with Gasteiger partial charge in [0.15, 0.2) is 0 Å². The van der Waals surface area contributed by atoms with Gasteiger partial charge >= 0.3 is 0 Å². The molecule has 2 aromatic rings. The molecule has 0 aliphatic heterocycles. The topological polar surface area (TPSA) is 32.3 Å². The Hall–Kier alpha value is -1.22. The Labute approximate surface area is 116 Å². The van der Waals surface area contributed by atoms with Crippen molar-refractivity contribution in [2.75, 3.05) is 11.9 Å². The lowest BCUT2D eigenvalue weighted by atomic mass is 10.1. The van der Waals surface area contributed by atoms with Crippen molar-refractivity contribution < 1.29 is 5.11 Å². The average molecular weight is 282 g/mol. The van der Waals surface area contributed by atoms with E-state index in [4.69, 9.17) is 23.2 Å². The maximum absolute atomic E-state index is 10.0. The second-order valence-corrected chi connectivity index (χ2v) is 4.75. The normalized spacial score (nSPS) is 12.2. The van der Waals surface area contributed by atoms with Gasteiger partial charge in [-0.1, -0.05) is 47.5 Å². The van der Waals surface area contributed by atoms with Crippen LogP contribution in [0.25, 0.3) is 0 Å². The summed E-state index contributed by atoms with van der Waals surface area (Å²) < 4.78 is 0. The monoisotopic (exact) mass is 281 g/mol. The first kappa shape index (κ1) is 13.2. The highest BCUT2D eigenvalue weighted by Gasteiger charge is 2.09. The molecule has 0 aromatic heterocycles. The molecule has 0 saturated heterocycles. The third-order valence-corrected chi connectivity index (χ3v) is 3.34. The van der Waals surface area contributed by atoms with E-state index in [1.807, 2.05) is 30.3 Å². The molecule has 0 radical (unpaired) electrons. The molecule has 0 aliphatic rings. The minimum absolute atomic E-state index is 0.419. The van der Waals surface area contributed by atoms with Crippen LogP contribution >= 0.6 is 23.2 Å². The van der Waals surface area contributed by atoms with Gasteiger partial charge in [0.1, 0.15) is 0 Å². The molecule has 0 bridgehead atoms. The van der Waals surface area contributed by atoms with Crippen molar-refractivity contribution in [3.8, 4) is 0 Å². The lowest BCUT2D eigenvalue weighted by Gasteiger charge is -2.13. The Morgan fingerprint density at radius 3 is 2.39 bits per heavy atom. The predicted molar refractivity (Wildman–Crippen MR) is 76.4 cm³/mol. The Bertz CT molecular complexity index is 516. The van der Waals surface area contributed by atoms with Crippen molar-refractivity contribution in [3.63, 3.8) is 0 Å². The van der Waals surface area contributed by atoms with Gasteiger partial charge in [-0.15, -0.1) is 0 Å². The van der Waals surface area contributed by atoms with Gasteiger partial charge in [0.25, 0.3) is 0 Å². The van der Waals surface area contributed by atoms with E-state index in [-0.39, 0.29) is 0 Å². The Morgan fingerprint density at radius 2 is 1.72 bits per heavy atom. The summed E-state index contributed by atoms with van der Waals surface area (Å²) in [6, 6.07) is 14.9. The molecular formula is C14H13Cl2NO. The van der Waals surface area contributed by atoms with Gasteiger partial charge in [-0.05, 0) is 29.8 Å². The van der Waals surface area contributed by atoms with E-state index in [0.717, 1.165) is 11.3 Å². The van der Waals surface area contributed by atoms with Crippen molar-refractivity contribution in [1.29, 1.82) is 0 Å². The summed E-state index contributed by atoms with van der Waals surface area (Å²) in [7, 11) is 0. The zero-order valence-corrected chi connectivity index (χ0v) is 11.1. The van der Waals surface area contributed by atoms with Gasteiger partial charge < -0.3 is 10.4 Å². The molecule has 94 valence electrons. The van der Waals surface area contributed by atoms with Gasteiger partial charge in [0, 0.05) is 12.2 Å². The van der Waals surface area contributed by atoms with Gasteiger partial charge in [0.05, 0.1) is 16.1 Å². The Kier molecular flexibility index (Phi) is 4.48. The zero-order chi connectivity index (χ0) is 13.0. The molecule has 0 heterocycles. The van der Waals surface area contributed by atoms with Crippen LogP contribution in [0, 0.1) is 0 Å². The SMILES string of the molecule is O[C@H](CNc1ccccc1)c1ccc(Cl)c(Cl)c1. The summed E-state index contributed by atoms with van der Waals surface area (Å²) in [5, 5.41) is 14.1. The van der Waals surface area contributed by atoms with Crippen molar-refractivity contribution >= 4 is 28.9 Å². The van der Waals surface area contributed by atoms with E-state index in [9.17, 15) is 5.11 Å². The number of hydrogen-bond donors (Lipinski definition) is 2. The van der Waals surface area contributed by atoms with Crippen LogP contribution in [0.2, 0.25) is 10.0 Å². The molecule has 0 spiro atoms. The number of nitrogens with one attached hydrogen (secondary N) is 1. The van der Waals surface area contributed by atoms with E-state index in [0.29, 0.717) is 16.6 Å². The highest BCUT2D eigenvalue weighted by molar-refractivity contribution is 6.42. The number of aliphatic hydroxyl groups is 1. The quantitative estimate of drug-likeness (QED) is 0.883. The molecule has 0 unspecified atom stereocenters. The van der Waals surface area contributed by atoms with Crippen molar-refractivity contribution in [1.82, 2.24) is 0 Å². The van der Waals surface area contributed by atoms with Crippen molar-refractivity contribution in [2.45, 2.75) is 6.10 Å². The predicted octanol–water partition coefficient (Wildman–Crippen LogP) is 4.14. The van der Waals surface area contributed by atoms with Crippen LogP contribution in [-0.2, 0) is 0 Å². The Balaban J connectivity index is 1.99. The summed E-state index contributed by atoms with van der Waals surface area (Å²) in [5.74, 6) is 0. The third kappa shape index (κ3) is 3.39. The molecule has 0 amide bonds. The van der Waals surface area contributed by atoms with Gasteiger partial charge in [-0.3, -0.25) is 0 Å². The van der Waals surface area contributed by atoms with Crippen LogP contribution in [0.1, 0.15) is 11.7 Å². The van der Waals surface area contributed by atoms with E-state index in [1.165, 1.54) is 0 Å². The summed E-state index contributed by atoms with van der Waals surface area (Å²) in [6.45, 7) is 0.419. The third-order valence-electron chi connectivity index (χ3n) is 2.60. The first-order valence-corrected chi connectivity index (χ1v) is 6.34. The maximum Gasteiger partial charge on any atom is 0.0962 e. The molecule has 1 atom stereocenters. The molecule has 18 heavy (non-hydrogen) atoms. The fourth-order valence-electron chi connectivity index (χ4n) is 1.61. The molecule has 2 rings (SSSR count). The van der Waals surface area contributed by atoms with Gasteiger partial charge in [0.2, 0.25) is 0 Å². The van der Waals surface area contributed by atoms with Crippen LogP contribution in [0.4, 0.5) is 5.69 Å². The molecule has 4 heteroatoms. The van der Waals surface area contributed by atoms with E-state index in [2.05, 4.69) is 5.32 Å². The number of para-hydroxylation sites is 1. The fourth-order valence-corrected chi connectivity index (χ4v) is 1.91. The highest BCUT2D eigenvalue weighted by Crippen LogP contribution is 2.25. The number of halogens is 2. The van der Waals surface area contributed by atoms with Crippen molar-refractivity contribution in [3.05, 3.63) is 64.1 Å². The van der Waals surface area contributed by atoms with E-state index in [1.54, 1.807) is 18.2 Å².